The first-order valence-corrected chi connectivity index (χ1v) is 11.5. The highest BCUT2D eigenvalue weighted by Crippen LogP contribution is 2.22. The van der Waals surface area contributed by atoms with Crippen molar-refractivity contribution in [3.8, 4) is 5.69 Å². The van der Waals surface area contributed by atoms with Gasteiger partial charge in [-0.25, -0.2) is 4.68 Å². The van der Waals surface area contributed by atoms with Crippen LogP contribution in [0, 0.1) is 24.0 Å². The first kappa shape index (κ1) is 22.0. The summed E-state index contributed by atoms with van der Waals surface area (Å²) in [6.45, 7) is 6.79. The van der Waals surface area contributed by atoms with Crippen molar-refractivity contribution in [3.05, 3.63) is 75.1 Å². The van der Waals surface area contributed by atoms with Crippen LogP contribution in [0.15, 0.2) is 42.5 Å². The number of carbonyl (C=O) groups excluding carboxylic acids is 1. The zero-order valence-corrected chi connectivity index (χ0v) is 18.8. The number of non-ortho nitro benzene ring substituents is 1. The molecule has 2 heterocycles. The molecule has 1 saturated heterocycles. The Hall–Kier alpha value is -3.24. The molecule has 3 aromatic rings. The molecule has 32 heavy (non-hydrogen) atoms. The van der Waals surface area contributed by atoms with Crippen LogP contribution in [0.1, 0.15) is 27.3 Å². The summed E-state index contributed by atoms with van der Waals surface area (Å²) in [6.07, 6.45) is 0. The normalized spacial score (nSPS) is 14.3. The number of thioether (sulfide) groups is 1. The van der Waals surface area contributed by atoms with Gasteiger partial charge in [0.05, 0.1) is 16.3 Å². The molecule has 1 amide bonds. The molecule has 0 spiro atoms. The Morgan fingerprint density at radius 1 is 1.19 bits per heavy atom. The van der Waals surface area contributed by atoms with Crippen LogP contribution in [0.5, 0.6) is 0 Å². The van der Waals surface area contributed by atoms with Gasteiger partial charge in [-0.2, -0.15) is 11.8 Å². The monoisotopic (exact) mass is 452 g/mol. The molecule has 9 nitrogen and oxygen atoms in total. The van der Waals surface area contributed by atoms with E-state index in [4.69, 9.17) is 0 Å². The van der Waals surface area contributed by atoms with Gasteiger partial charge in [0.2, 0.25) is 0 Å². The molecule has 0 aliphatic carbocycles. The van der Waals surface area contributed by atoms with Gasteiger partial charge in [-0.05, 0) is 37.1 Å². The van der Waals surface area contributed by atoms with Gasteiger partial charge in [0.1, 0.15) is 0 Å². The predicted molar refractivity (Wildman–Crippen MR) is 124 cm³/mol. The van der Waals surface area contributed by atoms with E-state index in [1.807, 2.05) is 30.8 Å². The van der Waals surface area contributed by atoms with Crippen molar-refractivity contribution < 1.29 is 9.72 Å². The smallest absolute Gasteiger partial charge is 0.278 e. The molecule has 0 unspecified atom stereocenters. The molecule has 2 aromatic carbocycles. The molecule has 0 bridgehead atoms. The van der Waals surface area contributed by atoms with Crippen molar-refractivity contribution in [2.45, 2.75) is 20.4 Å². The molecule has 0 saturated carbocycles. The number of rotatable bonds is 6. The maximum Gasteiger partial charge on any atom is 0.278 e. The lowest BCUT2D eigenvalue weighted by Gasteiger charge is -2.26. The maximum absolute atomic E-state index is 12.9. The van der Waals surface area contributed by atoms with E-state index in [1.165, 1.54) is 33.9 Å². The fourth-order valence-corrected chi connectivity index (χ4v) is 4.66. The van der Waals surface area contributed by atoms with Gasteiger partial charge in [0.25, 0.3) is 11.6 Å². The Labute approximate surface area is 190 Å². The quantitative estimate of drug-likeness (QED) is 0.450. The van der Waals surface area contributed by atoms with Crippen LogP contribution in [0.2, 0.25) is 0 Å². The summed E-state index contributed by atoms with van der Waals surface area (Å²) in [5.41, 5.74) is 4.01. The van der Waals surface area contributed by atoms with E-state index in [-0.39, 0.29) is 17.3 Å². The lowest BCUT2D eigenvalue weighted by molar-refractivity contribution is -0.384. The van der Waals surface area contributed by atoms with Crippen molar-refractivity contribution in [2.24, 2.45) is 0 Å². The third-order valence-electron chi connectivity index (χ3n) is 5.44. The van der Waals surface area contributed by atoms with Crippen LogP contribution in [-0.2, 0) is 6.54 Å². The van der Waals surface area contributed by atoms with Crippen molar-refractivity contribution in [1.29, 1.82) is 0 Å². The van der Waals surface area contributed by atoms with Crippen LogP contribution < -0.4 is 5.32 Å². The molecule has 1 aliphatic heterocycles. The molecular weight excluding hydrogens is 428 g/mol. The number of aromatic nitrogens is 3. The first-order valence-electron chi connectivity index (χ1n) is 10.3. The van der Waals surface area contributed by atoms with Crippen molar-refractivity contribution in [2.75, 3.05) is 29.9 Å². The minimum Gasteiger partial charge on any atom is -0.320 e. The van der Waals surface area contributed by atoms with Gasteiger partial charge in [0.15, 0.2) is 5.69 Å². The van der Waals surface area contributed by atoms with E-state index in [2.05, 4.69) is 26.6 Å². The zero-order valence-electron chi connectivity index (χ0n) is 17.9. The number of nitro benzene ring substituents is 1. The molecular formula is C22H24N6O3S. The number of aryl methyl sites for hydroxylation is 1. The predicted octanol–water partition coefficient (Wildman–Crippen LogP) is 3.59. The number of amides is 1. The fraction of sp³-hybridized carbons (Fsp3) is 0.318. The van der Waals surface area contributed by atoms with Crippen molar-refractivity contribution >= 4 is 29.0 Å². The highest BCUT2D eigenvalue weighted by atomic mass is 32.2. The van der Waals surface area contributed by atoms with E-state index in [1.54, 1.807) is 19.1 Å². The topological polar surface area (TPSA) is 106 Å². The second kappa shape index (κ2) is 9.49. The SMILES string of the molecule is Cc1cc(CN2CCSCC2)ccc1NC(=O)c1nnn(-c2cccc([N+](=O)[O-])c2)c1C. The Morgan fingerprint density at radius 3 is 2.69 bits per heavy atom. The Morgan fingerprint density at radius 2 is 1.97 bits per heavy atom. The van der Waals surface area contributed by atoms with Gasteiger partial charge >= 0.3 is 0 Å². The van der Waals surface area contributed by atoms with Gasteiger partial charge in [-0.15, -0.1) is 5.10 Å². The molecule has 1 fully saturated rings. The number of hydrogen-bond acceptors (Lipinski definition) is 7. The number of nitrogens with one attached hydrogen (secondary N) is 1. The summed E-state index contributed by atoms with van der Waals surface area (Å²) in [5, 5.41) is 22.0. The van der Waals surface area contributed by atoms with Crippen LogP contribution in [-0.4, -0.2) is 55.3 Å². The summed E-state index contributed by atoms with van der Waals surface area (Å²) < 4.78 is 1.43. The molecule has 10 heteroatoms. The molecule has 0 radical (unpaired) electrons. The Kier molecular flexibility index (Phi) is 6.52. The fourth-order valence-electron chi connectivity index (χ4n) is 3.69. The second-order valence-corrected chi connectivity index (χ2v) is 8.93. The van der Waals surface area contributed by atoms with E-state index in [0.29, 0.717) is 11.4 Å². The van der Waals surface area contributed by atoms with E-state index in [9.17, 15) is 14.9 Å². The van der Waals surface area contributed by atoms with Gasteiger partial charge in [-0.3, -0.25) is 19.8 Å². The summed E-state index contributed by atoms with van der Waals surface area (Å²) in [6, 6.07) is 12.1. The van der Waals surface area contributed by atoms with Crippen molar-refractivity contribution in [3.63, 3.8) is 0 Å². The average molecular weight is 453 g/mol. The lowest BCUT2D eigenvalue weighted by atomic mass is 10.1. The van der Waals surface area contributed by atoms with E-state index < -0.39 is 4.92 Å². The number of hydrogen-bond donors (Lipinski definition) is 1. The summed E-state index contributed by atoms with van der Waals surface area (Å²) in [7, 11) is 0. The first-order chi connectivity index (χ1) is 15.4. The number of benzene rings is 2. The highest BCUT2D eigenvalue weighted by molar-refractivity contribution is 7.99. The van der Waals surface area contributed by atoms with Crippen LogP contribution in [0.3, 0.4) is 0 Å². The third-order valence-corrected chi connectivity index (χ3v) is 6.39. The molecule has 1 aromatic heterocycles. The minimum atomic E-state index is -0.472. The van der Waals surface area contributed by atoms with E-state index in [0.717, 1.165) is 30.9 Å². The lowest BCUT2D eigenvalue weighted by Crippen LogP contribution is -2.31. The van der Waals surface area contributed by atoms with Crippen molar-refractivity contribution in [1.82, 2.24) is 19.9 Å². The number of nitro groups is 1. The number of anilines is 1. The third kappa shape index (κ3) is 4.81. The largest absolute Gasteiger partial charge is 0.320 e. The second-order valence-electron chi connectivity index (χ2n) is 7.70. The highest BCUT2D eigenvalue weighted by Gasteiger charge is 2.19. The molecule has 1 aliphatic rings. The van der Waals surface area contributed by atoms with Crippen LogP contribution in [0.4, 0.5) is 11.4 Å². The minimum absolute atomic E-state index is 0.0533. The van der Waals surface area contributed by atoms with Gasteiger partial charge in [0, 0.05) is 49.0 Å². The standard InChI is InChI=1S/C22H24N6O3S/c1-15-12-17(14-26-8-10-32-11-9-26)6-7-20(15)23-22(29)21-16(2)27(25-24-21)18-4-3-5-19(13-18)28(30)31/h3-7,12-13H,8-11,14H2,1-2H3,(H,23,29). The molecule has 1 N–H and O–H groups in total. The van der Waals surface area contributed by atoms with Gasteiger partial charge < -0.3 is 5.32 Å². The average Bonchev–Trinajstić information content (AvgIpc) is 3.18. The number of carbonyl (C=O) groups is 1. The molecule has 4 rings (SSSR count). The summed E-state index contributed by atoms with van der Waals surface area (Å²) in [5.74, 6) is 1.97. The zero-order chi connectivity index (χ0) is 22.7. The van der Waals surface area contributed by atoms with Gasteiger partial charge in [-0.1, -0.05) is 23.4 Å². The summed E-state index contributed by atoms with van der Waals surface area (Å²) in [4.78, 5) is 25.9. The molecule has 166 valence electrons. The molecule has 0 atom stereocenters. The van der Waals surface area contributed by atoms with Crippen LogP contribution in [0.25, 0.3) is 5.69 Å². The maximum atomic E-state index is 12.9. The van der Waals surface area contributed by atoms with E-state index >= 15 is 0 Å². The number of nitrogens with zero attached hydrogens (tertiary/aromatic N) is 5. The Balaban J connectivity index is 1.48. The van der Waals surface area contributed by atoms with Crippen LogP contribution >= 0.6 is 11.8 Å². The summed E-state index contributed by atoms with van der Waals surface area (Å²) >= 11 is 1.99. The Bertz CT molecular complexity index is 1160.